The zero-order chi connectivity index (χ0) is 14.7. The Labute approximate surface area is 128 Å². The first-order chi connectivity index (χ1) is 10.3. The van der Waals surface area contributed by atoms with Crippen LogP contribution in [0.2, 0.25) is 0 Å². The van der Waals surface area contributed by atoms with Crippen LogP contribution in [0.3, 0.4) is 0 Å². The van der Waals surface area contributed by atoms with E-state index in [9.17, 15) is 0 Å². The average Bonchev–Trinajstić information content (AvgIpc) is 3.15. The van der Waals surface area contributed by atoms with E-state index < -0.39 is 0 Å². The van der Waals surface area contributed by atoms with Gasteiger partial charge in [-0.05, 0) is 30.7 Å². The normalized spacial score (nSPS) is 10.8. The molecule has 1 N–H and O–H groups in total. The lowest BCUT2D eigenvalue weighted by Crippen LogP contribution is -2.00. The summed E-state index contributed by atoms with van der Waals surface area (Å²) in [4.78, 5) is 4.32. The first kappa shape index (κ1) is 13.8. The molecule has 0 spiro atoms. The lowest BCUT2D eigenvalue weighted by Gasteiger charge is -2.06. The Morgan fingerprint density at radius 3 is 2.71 bits per heavy atom. The Morgan fingerprint density at radius 1 is 1.24 bits per heavy atom. The minimum absolute atomic E-state index is 0.799. The summed E-state index contributed by atoms with van der Waals surface area (Å²) >= 11 is 1.66. The Bertz CT molecular complexity index is 698. The highest BCUT2D eigenvalue weighted by Gasteiger charge is 2.05. The Balaban J connectivity index is 1.68. The van der Waals surface area contributed by atoms with Gasteiger partial charge in [-0.3, -0.25) is 4.68 Å². The molecule has 0 saturated heterocycles. The molecule has 1 aromatic carbocycles. The number of thiazole rings is 1. The van der Waals surface area contributed by atoms with Gasteiger partial charge >= 0.3 is 0 Å². The van der Waals surface area contributed by atoms with Crippen LogP contribution in [0.5, 0.6) is 0 Å². The molecule has 0 fully saturated rings. The summed E-state index contributed by atoms with van der Waals surface area (Å²) in [6.45, 7) is 2.93. The van der Waals surface area contributed by atoms with Gasteiger partial charge in [-0.2, -0.15) is 5.10 Å². The van der Waals surface area contributed by atoms with E-state index in [1.807, 2.05) is 23.3 Å². The zero-order valence-electron chi connectivity index (χ0n) is 12.2. The van der Waals surface area contributed by atoms with Gasteiger partial charge in [0, 0.05) is 48.2 Å². The molecule has 2 heterocycles. The number of aryl methyl sites for hydroxylation is 2. The zero-order valence-corrected chi connectivity index (χ0v) is 13.0. The fourth-order valence-electron chi connectivity index (χ4n) is 2.32. The van der Waals surface area contributed by atoms with Crippen LogP contribution in [0.25, 0.3) is 10.6 Å². The Morgan fingerprint density at radius 2 is 2.05 bits per heavy atom. The number of nitrogens with one attached hydrogen (secondary N) is 1. The molecule has 5 heteroatoms. The highest BCUT2D eigenvalue weighted by atomic mass is 32.1. The monoisotopic (exact) mass is 298 g/mol. The molecule has 3 rings (SSSR count). The minimum Gasteiger partial charge on any atom is -0.381 e. The van der Waals surface area contributed by atoms with Crippen molar-refractivity contribution >= 4 is 17.0 Å². The molecule has 0 bridgehead atoms. The van der Waals surface area contributed by atoms with Gasteiger partial charge in [-0.15, -0.1) is 11.3 Å². The molecule has 0 aliphatic heterocycles. The second-order valence-corrected chi connectivity index (χ2v) is 5.79. The third-order valence-electron chi connectivity index (χ3n) is 3.37. The fourth-order valence-corrected chi connectivity index (χ4v) is 2.97. The summed E-state index contributed by atoms with van der Waals surface area (Å²) in [6.07, 6.45) is 4.87. The molecule has 4 nitrogen and oxygen atoms in total. The highest BCUT2D eigenvalue weighted by molar-refractivity contribution is 7.13. The van der Waals surface area contributed by atoms with E-state index >= 15 is 0 Å². The first-order valence-electron chi connectivity index (χ1n) is 7.01. The maximum atomic E-state index is 4.46. The topological polar surface area (TPSA) is 42.7 Å². The van der Waals surface area contributed by atoms with Crippen molar-refractivity contribution in [3.05, 3.63) is 53.3 Å². The van der Waals surface area contributed by atoms with E-state index in [-0.39, 0.29) is 0 Å². The van der Waals surface area contributed by atoms with Crippen molar-refractivity contribution in [3.63, 3.8) is 0 Å². The van der Waals surface area contributed by atoms with E-state index in [1.54, 1.807) is 11.3 Å². The van der Waals surface area contributed by atoms with E-state index in [0.717, 1.165) is 34.9 Å². The molecule has 0 aliphatic carbocycles. The van der Waals surface area contributed by atoms with Gasteiger partial charge in [-0.25, -0.2) is 4.98 Å². The summed E-state index contributed by atoms with van der Waals surface area (Å²) < 4.78 is 1.88. The van der Waals surface area contributed by atoms with E-state index in [4.69, 9.17) is 0 Å². The second-order valence-electron chi connectivity index (χ2n) is 4.90. The minimum atomic E-state index is 0.799. The van der Waals surface area contributed by atoms with Crippen LogP contribution in [0.1, 0.15) is 18.2 Å². The van der Waals surface area contributed by atoms with Gasteiger partial charge in [0.15, 0.2) is 0 Å². The molecule has 0 radical (unpaired) electrons. The van der Waals surface area contributed by atoms with Gasteiger partial charge in [-0.1, -0.05) is 6.92 Å². The molecule has 0 aliphatic rings. The smallest absolute Gasteiger partial charge is 0.123 e. The maximum Gasteiger partial charge on any atom is 0.123 e. The van der Waals surface area contributed by atoms with Crippen molar-refractivity contribution in [3.8, 4) is 10.6 Å². The van der Waals surface area contributed by atoms with Crippen LogP contribution in [0.15, 0.2) is 42.0 Å². The van der Waals surface area contributed by atoms with Crippen LogP contribution in [0, 0.1) is 0 Å². The molecule has 21 heavy (non-hydrogen) atoms. The average molecular weight is 298 g/mol. The quantitative estimate of drug-likeness (QED) is 0.780. The van der Waals surface area contributed by atoms with E-state index in [0.29, 0.717) is 0 Å². The number of aromatic nitrogens is 3. The number of nitrogens with zero attached hydrogens (tertiary/aromatic N) is 3. The number of rotatable bonds is 5. The molecule has 2 aromatic heterocycles. The summed E-state index contributed by atoms with van der Waals surface area (Å²) in [6, 6.07) is 8.40. The van der Waals surface area contributed by atoms with E-state index in [1.165, 1.54) is 5.56 Å². The second kappa shape index (κ2) is 6.10. The highest BCUT2D eigenvalue weighted by Crippen LogP contribution is 2.23. The molecule has 0 unspecified atom stereocenters. The van der Waals surface area contributed by atoms with Crippen molar-refractivity contribution in [2.24, 2.45) is 7.05 Å². The number of hydrogen-bond donors (Lipinski definition) is 1. The molecular formula is C16H18N4S. The van der Waals surface area contributed by atoms with Crippen LogP contribution in [0.4, 0.5) is 5.69 Å². The van der Waals surface area contributed by atoms with Crippen molar-refractivity contribution in [1.82, 2.24) is 14.8 Å². The van der Waals surface area contributed by atoms with Gasteiger partial charge in [0.05, 0.1) is 5.69 Å². The summed E-state index contributed by atoms with van der Waals surface area (Å²) in [5.41, 5.74) is 4.68. The SMILES string of the molecule is CCc1nn(C)cc1CNc1ccc(-c2nccs2)cc1. The number of hydrogen-bond acceptors (Lipinski definition) is 4. The third-order valence-corrected chi connectivity index (χ3v) is 4.20. The summed E-state index contributed by atoms with van der Waals surface area (Å²) in [5.74, 6) is 0. The van der Waals surface area contributed by atoms with Crippen LogP contribution < -0.4 is 5.32 Å². The predicted molar refractivity (Wildman–Crippen MR) is 87.5 cm³/mol. The largest absolute Gasteiger partial charge is 0.381 e. The Hall–Kier alpha value is -2.14. The third kappa shape index (κ3) is 3.13. The molecule has 108 valence electrons. The molecule has 0 saturated carbocycles. The van der Waals surface area contributed by atoms with Gasteiger partial charge in [0.1, 0.15) is 5.01 Å². The predicted octanol–water partition coefficient (Wildman–Crippen LogP) is 3.72. The maximum absolute atomic E-state index is 4.46. The lowest BCUT2D eigenvalue weighted by molar-refractivity contribution is 0.746. The van der Waals surface area contributed by atoms with Crippen LogP contribution in [-0.2, 0) is 20.0 Å². The molecule has 3 aromatic rings. The van der Waals surface area contributed by atoms with Crippen molar-refractivity contribution in [2.45, 2.75) is 19.9 Å². The number of benzene rings is 1. The fraction of sp³-hybridized carbons (Fsp3) is 0.250. The van der Waals surface area contributed by atoms with Crippen LogP contribution >= 0.6 is 11.3 Å². The summed E-state index contributed by atoms with van der Waals surface area (Å²) in [5, 5.41) is 11.0. The Kier molecular flexibility index (Phi) is 4.01. The molecule has 0 atom stereocenters. The van der Waals surface area contributed by atoms with Crippen molar-refractivity contribution in [2.75, 3.05) is 5.32 Å². The first-order valence-corrected chi connectivity index (χ1v) is 7.89. The number of anilines is 1. The van der Waals surface area contributed by atoms with Crippen molar-refractivity contribution < 1.29 is 0 Å². The molecule has 0 amide bonds. The molecular weight excluding hydrogens is 280 g/mol. The summed E-state index contributed by atoms with van der Waals surface area (Å²) in [7, 11) is 1.96. The van der Waals surface area contributed by atoms with Crippen LogP contribution in [-0.4, -0.2) is 14.8 Å². The van der Waals surface area contributed by atoms with E-state index in [2.05, 4.69) is 52.8 Å². The van der Waals surface area contributed by atoms with Gasteiger partial charge < -0.3 is 5.32 Å². The lowest BCUT2D eigenvalue weighted by atomic mass is 10.2. The van der Waals surface area contributed by atoms with Gasteiger partial charge in [0.25, 0.3) is 0 Å². The van der Waals surface area contributed by atoms with Crippen molar-refractivity contribution in [1.29, 1.82) is 0 Å². The standard InChI is InChI=1S/C16H18N4S/c1-3-15-13(11-20(2)19-15)10-18-14-6-4-12(5-7-14)16-17-8-9-21-16/h4-9,11,18H,3,10H2,1-2H3. The van der Waals surface area contributed by atoms with Gasteiger partial charge in [0.2, 0.25) is 0 Å².